The first-order valence-corrected chi connectivity index (χ1v) is 8.99. The molecule has 0 saturated carbocycles. The third kappa shape index (κ3) is 3.98. The molecule has 1 saturated heterocycles. The summed E-state index contributed by atoms with van der Waals surface area (Å²) in [6.45, 7) is 5.06. The van der Waals surface area contributed by atoms with Crippen LogP contribution in [0.5, 0.6) is 5.75 Å². The number of ether oxygens (including phenoxy) is 1. The third-order valence-electron chi connectivity index (χ3n) is 3.79. The third-order valence-corrected chi connectivity index (χ3v) is 5.68. The fourth-order valence-corrected chi connectivity index (χ4v) is 3.43. The Labute approximate surface area is 131 Å². The van der Waals surface area contributed by atoms with Crippen molar-refractivity contribution in [1.29, 1.82) is 0 Å². The lowest BCUT2D eigenvalue weighted by molar-refractivity contribution is -0.134. The van der Waals surface area contributed by atoms with Crippen molar-refractivity contribution in [2.45, 2.75) is 13.8 Å². The summed E-state index contributed by atoms with van der Waals surface area (Å²) in [5, 5.41) is 0. The largest absolute Gasteiger partial charge is 0.484 e. The number of sulfonamides is 1. The Morgan fingerprint density at radius 1 is 1.18 bits per heavy atom. The van der Waals surface area contributed by atoms with Crippen molar-refractivity contribution in [3.63, 3.8) is 0 Å². The van der Waals surface area contributed by atoms with Crippen molar-refractivity contribution >= 4 is 15.9 Å². The predicted molar refractivity (Wildman–Crippen MR) is 84.3 cm³/mol. The van der Waals surface area contributed by atoms with Crippen LogP contribution in [0.1, 0.15) is 12.5 Å². The van der Waals surface area contributed by atoms with E-state index in [0.29, 0.717) is 31.9 Å². The molecule has 0 atom stereocenters. The predicted octanol–water partition coefficient (Wildman–Crippen LogP) is 0.868. The zero-order valence-corrected chi connectivity index (χ0v) is 13.8. The first-order valence-electron chi connectivity index (χ1n) is 7.38. The average molecular weight is 326 g/mol. The van der Waals surface area contributed by atoms with Crippen molar-refractivity contribution in [3.05, 3.63) is 29.8 Å². The topological polar surface area (TPSA) is 66.9 Å². The van der Waals surface area contributed by atoms with Crippen LogP contribution in [0.15, 0.2) is 24.3 Å². The number of hydrogen-bond donors (Lipinski definition) is 0. The van der Waals surface area contributed by atoms with Gasteiger partial charge in [0.1, 0.15) is 5.75 Å². The number of carbonyl (C=O) groups excluding carboxylic acids is 1. The quantitative estimate of drug-likeness (QED) is 0.805. The average Bonchev–Trinajstić information content (AvgIpc) is 2.54. The van der Waals surface area contributed by atoms with Gasteiger partial charge in [0.05, 0.1) is 5.75 Å². The molecule has 1 fully saturated rings. The number of carbonyl (C=O) groups is 1. The molecule has 1 amide bonds. The Hall–Kier alpha value is -1.60. The summed E-state index contributed by atoms with van der Waals surface area (Å²) in [7, 11) is -3.17. The second-order valence-electron chi connectivity index (χ2n) is 5.23. The van der Waals surface area contributed by atoms with Gasteiger partial charge in [-0.15, -0.1) is 0 Å². The highest BCUT2D eigenvalue weighted by atomic mass is 32.2. The second kappa shape index (κ2) is 7.11. The van der Waals surface area contributed by atoms with Gasteiger partial charge in [-0.3, -0.25) is 4.79 Å². The monoisotopic (exact) mass is 326 g/mol. The molecule has 0 bridgehead atoms. The molecule has 0 aliphatic carbocycles. The van der Waals surface area contributed by atoms with Crippen LogP contribution in [0.2, 0.25) is 0 Å². The Kier molecular flexibility index (Phi) is 5.42. The molecule has 1 aliphatic rings. The molecular formula is C15H22N2O4S. The van der Waals surface area contributed by atoms with Gasteiger partial charge >= 0.3 is 0 Å². The van der Waals surface area contributed by atoms with Gasteiger partial charge in [-0.1, -0.05) is 18.2 Å². The highest BCUT2D eigenvalue weighted by Gasteiger charge is 2.27. The first-order chi connectivity index (χ1) is 10.4. The van der Waals surface area contributed by atoms with Gasteiger partial charge in [0.15, 0.2) is 6.61 Å². The molecule has 0 spiro atoms. The number of piperazine rings is 1. The van der Waals surface area contributed by atoms with Gasteiger partial charge in [0.2, 0.25) is 10.0 Å². The molecular weight excluding hydrogens is 304 g/mol. The Balaban J connectivity index is 1.84. The lowest BCUT2D eigenvalue weighted by Crippen LogP contribution is -2.51. The number of aryl methyl sites for hydroxylation is 1. The van der Waals surface area contributed by atoms with Crippen LogP contribution < -0.4 is 4.74 Å². The molecule has 0 aromatic heterocycles. The summed E-state index contributed by atoms with van der Waals surface area (Å²) in [6, 6.07) is 7.53. The standard InChI is InChI=1S/C15H22N2O4S/c1-3-22(19,20)17-10-8-16(9-11-17)15(18)12-21-14-7-5-4-6-13(14)2/h4-7H,3,8-12H2,1-2H3. The summed E-state index contributed by atoms with van der Waals surface area (Å²) in [5.74, 6) is 0.678. The van der Waals surface area contributed by atoms with Crippen LogP contribution in [0, 0.1) is 6.92 Å². The van der Waals surface area contributed by atoms with Gasteiger partial charge in [-0.05, 0) is 25.5 Å². The number of hydrogen-bond acceptors (Lipinski definition) is 4. The van der Waals surface area contributed by atoms with Crippen LogP contribution in [0.25, 0.3) is 0 Å². The zero-order chi connectivity index (χ0) is 16.2. The fraction of sp³-hybridized carbons (Fsp3) is 0.533. The van der Waals surface area contributed by atoms with E-state index in [1.54, 1.807) is 11.8 Å². The smallest absolute Gasteiger partial charge is 0.260 e. The Bertz CT molecular complexity index is 622. The molecule has 1 aliphatic heterocycles. The van der Waals surface area contributed by atoms with E-state index in [1.807, 2.05) is 31.2 Å². The highest BCUT2D eigenvalue weighted by Crippen LogP contribution is 2.16. The molecule has 22 heavy (non-hydrogen) atoms. The molecule has 6 nitrogen and oxygen atoms in total. The summed E-state index contributed by atoms with van der Waals surface area (Å²) in [4.78, 5) is 13.8. The number of rotatable bonds is 5. The molecule has 1 aromatic rings. The summed E-state index contributed by atoms with van der Waals surface area (Å²) in [6.07, 6.45) is 0. The van der Waals surface area contributed by atoms with E-state index >= 15 is 0 Å². The first kappa shape index (κ1) is 16.8. The minimum atomic E-state index is -3.17. The molecule has 122 valence electrons. The number of benzene rings is 1. The van der Waals surface area contributed by atoms with Gasteiger partial charge in [-0.25, -0.2) is 8.42 Å². The lowest BCUT2D eigenvalue weighted by Gasteiger charge is -2.33. The van der Waals surface area contributed by atoms with E-state index in [4.69, 9.17) is 4.74 Å². The van der Waals surface area contributed by atoms with Crippen molar-refractivity contribution in [1.82, 2.24) is 9.21 Å². The lowest BCUT2D eigenvalue weighted by atomic mass is 10.2. The Morgan fingerprint density at radius 2 is 1.82 bits per heavy atom. The maximum Gasteiger partial charge on any atom is 0.260 e. The minimum Gasteiger partial charge on any atom is -0.484 e. The van der Waals surface area contributed by atoms with Crippen molar-refractivity contribution in [2.75, 3.05) is 38.5 Å². The van der Waals surface area contributed by atoms with Crippen LogP contribution >= 0.6 is 0 Å². The van der Waals surface area contributed by atoms with E-state index < -0.39 is 10.0 Å². The van der Waals surface area contributed by atoms with Crippen LogP contribution in [0.3, 0.4) is 0 Å². The highest BCUT2D eigenvalue weighted by molar-refractivity contribution is 7.89. The fourth-order valence-electron chi connectivity index (χ4n) is 2.35. The van der Waals surface area contributed by atoms with Crippen LogP contribution in [0.4, 0.5) is 0 Å². The normalized spacial score (nSPS) is 16.5. The van der Waals surface area contributed by atoms with E-state index in [1.165, 1.54) is 4.31 Å². The SMILES string of the molecule is CCS(=O)(=O)N1CCN(C(=O)COc2ccccc2C)CC1. The molecule has 0 radical (unpaired) electrons. The number of para-hydroxylation sites is 1. The van der Waals surface area contributed by atoms with Gasteiger partial charge in [0, 0.05) is 26.2 Å². The molecule has 1 heterocycles. The van der Waals surface area contributed by atoms with Crippen LogP contribution in [-0.4, -0.2) is 62.1 Å². The van der Waals surface area contributed by atoms with Crippen LogP contribution in [-0.2, 0) is 14.8 Å². The summed E-state index contributed by atoms with van der Waals surface area (Å²) < 4.78 is 30.5. The zero-order valence-electron chi connectivity index (χ0n) is 13.0. The van der Waals surface area contributed by atoms with E-state index in [-0.39, 0.29) is 18.3 Å². The maximum absolute atomic E-state index is 12.1. The van der Waals surface area contributed by atoms with Gasteiger partial charge in [0.25, 0.3) is 5.91 Å². The minimum absolute atomic E-state index is 0.0224. The second-order valence-corrected chi connectivity index (χ2v) is 7.49. The molecule has 2 rings (SSSR count). The van der Waals surface area contributed by atoms with Crippen molar-refractivity contribution in [2.24, 2.45) is 0 Å². The Morgan fingerprint density at radius 3 is 2.41 bits per heavy atom. The van der Waals surface area contributed by atoms with Crippen molar-refractivity contribution < 1.29 is 17.9 Å². The van der Waals surface area contributed by atoms with Gasteiger partial charge in [-0.2, -0.15) is 4.31 Å². The maximum atomic E-state index is 12.1. The molecule has 0 unspecified atom stereocenters. The van der Waals surface area contributed by atoms with E-state index in [9.17, 15) is 13.2 Å². The molecule has 7 heteroatoms. The van der Waals surface area contributed by atoms with E-state index in [0.717, 1.165) is 5.56 Å². The number of amides is 1. The summed E-state index contributed by atoms with van der Waals surface area (Å²) in [5.41, 5.74) is 0.981. The number of nitrogens with zero attached hydrogens (tertiary/aromatic N) is 2. The molecule has 0 N–H and O–H groups in total. The summed E-state index contributed by atoms with van der Waals surface area (Å²) >= 11 is 0. The molecule has 1 aromatic carbocycles. The van der Waals surface area contributed by atoms with E-state index in [2.05, 4.69) is 0 Å². The van der Waals surface area contributed by atoms with Crippen molar-refractivity contribution in [3.8, 4) is 5.75 Å². The van der Waals surface area contributed by atoms with Gasteiger partial charge < -0.3 is 9.64 Å².